The van der Waals surface area contributed by atoms with Crippen LogP contribution in [0, 0.1) is 0 Å². The third-order valence-corrected chi connectivity index (χ3v) is 8.17. The predicted molar refractivity (Wildman–Crippen MR) is 97.7 cm³/mol. The number of hydrogen-bond acceptors (Lipinski definition) is 7. The number of hydrogen-bond donors (Lipinski definition) is 1. The van der Waals surface area contributed by atoms with Gasteiger partial charge < -0.3 is 14.5 Å². The average Bonchev–Trinajstić information content (AvgIpc) is 3.53. The van der Waals surface area contributed by atoms with Crippen molar-refractivity contribution in [2.24, 2.45) is 0 Å². The normalized spacial score (nSPS) is 18.3. The van der Waals surface area contributed by atoms with E-state index in [0.29, 0.717) is 23.7 Å². The highest BCUT2D eigenvalue weighted by molar-refractivity contribution is 7.94. The van der Waals surface area contributed by atoms with E-state index in [4.69, 9.17) is 9.47 Å². The molecule has 0 saturated heterocycles. The quantitative estimate of drug-likeness (QED) is 0.711. The maximum absolute atomic E-state index is 12.6. The van der Waals surface area contributed by atoms with Crippen molar-refractivity contribution in [3.63, 3.8) is 0 Å². The van der Waals surface area contributed by atoms with Crippen molar-refractivity contribution in [3.05, 3.63) is 34.4 Å². The number of fused-ring (bicyclic) bond motifs is 1. The summed E-state index contributed by atoms with van der Waals surface area (Å²) in [6, 6.07) is 1.40. The molecular weight excluding hydrogens is 372 g/mol. The van der Waals surface area contributed by atoms with E-state index in [9.17, 15) is 18.0 Å². The Kier molecular flexibility index (Phi) is 4.21. The lowest BCUT2D eigenvalue weighted by atomic mass is 10.2. The fourth-order valence-electron chi connectivity index (χ4n) is 3.16. The van der Waals surface area contributed by atoms with Crippen LogP contribution in [0.1, 0.15) is 43.0 Å². The second-order valence-corrected chi connectivity index (χ2v) is 9.67. The summed E-state index contributed by atoms with van der Waals surface area (Å²) in [6.07, 6.45) is 5.56. The Morgan fingerprint density at radius 3 is 2.70 bits per heavy atom. The zero-order valence-electron chi connectivity index (χ0n) is 14.9. The van der Waals surface area contributed by atoms with Crippen molar-refractivity contribution in [3.8, 4) is 5.75 Å². The largest absolute Gasteiger partial charge is 0.488 e. The Morgan fingerprint density at radius 2 is 2.07 bits per heavy atom. The Labute approximate surface area is 155 Å². The van der Waals surface area contributed by atoms with Crippen LogP contribution >= 0.6 is 0 Å². The smallest absolute Gasteiger partial charge is 0.343 e. The average molecular weight is 392 g/mol. The van der Waals surface area contributed by atoms with Gasteiger partial charge in [0.2, 0.25) is 0 Å². The monoisotopic (exact) mass is 392 g/mol. The highest BCUT2D eigenvalue weighted by atomic mass is 32.2. The maximum Gasteiger partial charge on any atom is 0.343 e. The molecule has 4 rings (SSSR count). The van der Waals surface area contributed by atoms with Crippen LogP contribution in [0.3, 0.4) is 0 Å². The number of aromatic amines is 1. The van der Waals surface area contributed by atoms with Crippen LogP contribution < -0.4 is 10.3 Å². The van der Waals surface area contributed by atoms with Crippen LogP contribution in [0.4, 0.5) is 0 Å². The van der Waals surface area contributed by atoms with Gasteiger partial charge in [0.25, 0.3) is 5.56 Å². The zero-order valence-corrected chi connectivity index (χ0v) is 15.7. The van der Waals surface area contributed by atoms with Gasteiger partial charge in [-0.2, -0.15) is 0 Å². The number of carbonyl (C=O) groups is 1. The SMILES string of the molecule is CCOC(=O)c1cc2cncc(OCC3(S(=O)(=O)C4CC4)CC3)c2[nH]c1=O. The number of esters is 1. The molecule has 0 amide bonds. The summed E-state index contributed by atoms with van der Waals surface area (Å²) in [7, 11) is -3.19. The van der Waals surface area contributed by atoms with Crippen molar-refractivity contribution >= 4 is 26.7 Å². The van der Waals surface area contributed by atoms with Gasteiger partial charge in [-0.3, -0.25) is 9.78 Å². The first kappa shape index (κ1) is 18.0. The molecule has 27 heavy (non-hydrogen) atoms. The van der Waals surface area contributed by atoms with E-state index in [0.717, 1.165) is 12.8 Å². The fraction of sp³-hybridized carbons (Fsp3) is 0.500. The van der Waals surface area contributed by atoms with Gasteiger partial charge >= 0.3 is 5.97 Å². The van der Waals surface area contributed by atoms with Gasteiger partial charge in [-0.15, -0.1) is 0 Å². The Bertz CT molecular complexity index is 1070. The lowest BCUT2D eigenvalue weighted by Crippen LogP contribution is -2.33. The molecule has 2 aromatic rings. The predicted octanol–water partition coefficient (Wildman–Crippen LogP) is 1.59. The molecule has 0 spiro atoms. The number of nitrogens with zero attached hydrogens (tertiary/aromatic N) is 1. The molecule has 0 aliphatic heterocycles. The highest BCUT2D eigenvalue weighted by Gasteiger charge is 2.60. The lowest BCUT2D eigenvalue weighted by molar-refractivity contribution is 0.0524. The zero-order chi connectivity index (χ0) is 19.2. The molecule has 0 atom stereocenters. The number of nitrogens with one attached hydrogen (secondary N) is 1. The van der Waals surface area contributed by atoms with E-state index < -0.39 is 26.1 Å². The highest BCUT2D eigenvalue weighted by Crippen LogP contribution is 2.50. The third-order valence-electron chi connectivity index (χ3n) is 5.08. The van der Waals surface area contributed by atoms with Crippen LogP contribution in [0.5, 0.6) is 5.75 Å². The maximum atomic E-state index is 12.6. The molecule has 2 aromatic heterocycles. The minimum absolute atomic E-state index is 0.0360. The van der Waals surface area contributed by atoms with Crippen LogP contribution in [-0.4, -0.2) is 47.6 Å². The second kappa shape index (κ2) is 6.33. The summed E-state index contributed by atoms with van der Waals surface area (Å²) in [4.78, 5) is 30.8. The van der Waals surface area contributed by atoms with Gasteiger partial charge in [0, 0.05) is 11.6 Å². The molecule has 2 heterocycles. The number of pyridine rings is 2. The molecule has 0 unspecified atom stereocenters. The second-order valence-electron chi connectivity index (χ2n) is 7.05. The molecule has 1 N–H and O–H groups in total. The summed E-state index contributed by atoms with van der Waals surface area (Å²) in [5.41, 5.74) is -0.329. The molecule has 9 heteroatoms. The topological polar surface area (TPSA) is 115 Å². The third kappa shape index (κ3) is 3.09. The number of sulfone groups is 1. The van der Waals surface area contributed by atoms with Crippen molar-refractivity contribution in [2.45, 2.75) is 42.6 Å². The van der Waals surface area contributed by atoms with Crippen LogP contribution in [0.2, 0.25) is 0 Å². The van der Waals surface area contributed by atoms with E-state index in [-0.39, 0.29) is 29.8 Å². The van der Waals surface area contributed by atoms with Crippen LogP contribution in [-0.2, 0) is 14.6 Å². The summed E-state index contributed by atoms with van der Waals surface area (Å²) in [5, 5.41) is 0.270. The Balaban J connectivity index is 1.62. The molecule has 0 aromatic carbocycles. The van der Waals surface area contributed by atoms with Crippen LogP contribution in [0.15, 0.2) is 23.3 Å². The Hall–Kier alpha value is -2.42. The lowest BCUT2D eigenvalue weighted by Gasteiger charge is -2.17. The molecule has 2 fully saturated rings. The molecule has 0 bridgehead atoms. The minimum atomic E-state index is -3.19. The van der Waals surface area contributed by atoms with Crippen LogP contribution in [0.25, 0.3) is 10.9 Å². The molecular formula is C18H20N2O6S. The fourth-order valence-corrected chi connectivity index (χ4v) is 5.52. The number of carbonyl (C=O) groups excluding carboxylic acids is 1. The minimum Gasteiger partial charge on any atom is -0.488 e. The molecule has 2 saturated carbocycles. The van der Waals surface area contributed by atoms with E-state index in [2.05, 4.69) is 9.97 Å². The molecule has 144 valence electrons. The molecule has 2 aliphatic rings. The van der Waals surface area contributed by atoms with Gasteiger partial charge in [0.15, 0.2) is 15.6 Å². The molecule has 8 nitrogen and oxygen atoms in total. The number of ether oxygens (including phenoxy) is 2. The Morgan fingerprint density at radius 1 is 1.33 bits per heavy atom. The number of H-pyrrole nitrogens is 1. The first-order valence-corrected chi connectivity index (χ1v) is 10.5. The van der Waals surface area contributed by atoms with Crippen molar-refractivity contribution in [1.29, 1.82) is 0 Å². The van der Waals surface area contributed by atoms with Gasteiger partial charge in [-0.1, -0.05) is 0 Å². The standard InChI is InChI=1S/C18H20N2O6S/c1-2-25-17(22)13-7-11-8-19-9-14(15(11)20-16(13)21)26-10-18(5-6-18)27(23,24)12-3-4-12/h7-9,12H,2-6,10H2,1H3,(H,20,21). The van der Waals surface area contributed by atoms with Gasteiger partial charge in [-0.05, 0) is 38.7 Å². The van der Waals surface area contributed by atoms with Gasteiger partial charge in [-0.25, -0.2) is 13.2 Å². The number of rotatable bonds is 7. The van der Waals surface area contributed by atoms with E-state index in [1.165, 1.54) is 18.5 Å². The summed E-state index contributed by atoms with van der Waals surface area (Å²) >= 11 is 0. The van der Waals surface area contributed by atoms with Gasteiger partial charge in [0.1, 0.15) is 16.9 Å². The molecule has 2 aliphatic carbocycles. The summed E-state index contributed by atoms with van der Waals surface area (Å²) in [6.45, 7) is 1.85. The van der Waals surface area contributed by atoms with E-state index in [1.54, 1.807) is 6.92 Å². The van der Waals surface area contributed by atoms with Crippen molar-refractivity contribution < 1.29 is 22.7 Å². The van der Waals surface area contributed by atoms with E-state index in [1.807, 2.05) is 0 Å². The van der Waals surface area contributed by atoms with Crippen molar-refractivity contribution in [1.82, 2.24) is 9.97 Å². The summed E-state index contributed by atoms with van der Waals surface area (Å²) in [5.74, 6) is -0.420. The molecule has 0 radical (unpaired) electrons. The van der Waals surface area contributed by atoms with Crippen molar-refractivity contribution in [2.75, 3.05) is 13.2 Å². The van der Waals surface area contributed by atoms with E-state index >= 15 is 0 Å². The first-order valence-electron chi connectivity index (χ1n) is 8.92. The number of aromatic nitrogens is 2. The first-order chi connectivity index (χ1) is 12.9. The summed E-state index contributed by atoms with van der Waals surface area (Å²) < 4.78 is 35.0. The van der Waals surface area contributed by atoms with Gasteiger partial charge in [0.05, 0.1) is 23.6 Å².